The molecule has 2 aromatic carbocycles. The second-order valence-corrected chi connectivity index (χ2v) is 9.26. The van der Waals surface area contributed by atoms with Crippen LogP contribution in [0.5, 0.6) is 5.75 Å². The Morgan fingerprint density at radius 1 is 1.03 bits per heavy atom. The summed E-state index contributed by atoms with van der Waals surface area (Å²) in [7, 11) is -3.73. The van der Waals surface area contributed by atoms with Gasteiger partial charge < -0.3 is 10.1 Å². The number of amides is 1. The van der Waals surface area contributed by atoms with E-state index in [4.69, 9.17) is 4.74 Å². The van der Waals surface area contributed by atoms with Crippen LogP contribution < -0.4 is 14.8 Å². The van der Waals surface area contributed by atoms with Gasteiger partial charge in [0.25, 0.3) is 5.91 Å². The molecule has 29 heavy (non-hydrogen) atoms. The number of nitrogens with one attached hydrogen (secondary N) is 2. The molecule has 0 unspecified atom stereocenters. The van der Waals surface area contributed by atoms with Gasteiger partial charge in [0.1, 0.15) is 5.75 Å². The minimum absolute atomic E-state index is 0.0386. The van der Waals surface area contributed by atoms with Crippen molar-refractivity contribution in [2.45, 2.75) is 44.7 Å². The highest BCUT2D eigenvalue weighted by molar-refractivity contribution is 7.89. The Hall–Kier alpha value is -2.71. The third kappa shape index (κ3) is 6.99. The molecular weight excluding hydrogens is 392 g/mol. The lowest BCUT2D eigenvalue weighted by Crippen LogP contribution is -2.41. The summed E-state index contributed by atoms with van der Waals surface area (Å²) in [6.07, 6.45) is 0. The number of Topliss-reactive ketones (excluding diaryl/α,β-unsaturated/α-hetero) is 1. The van der Waals surface area contributed by atoms with Gasteiger partial charge in [-0.3, -0.25) is 9.59 Å². The van der Waals surface area contributed by atoms with Crippen LogP contribution in [-0.4, -0.2) is 32.3 Å². The van der Waals surface area contributed by atoms with Crippen molar-refractivity contribution < 1.29 is 22.7 Å². The van der Waals surface area contributed by atoms with E-state index in [9.17, 15) is 18.0 Å². The number of carbonyl (C=O) groups excluding carboxylic acids is 2. The standard InChI is InChI=1S/C21H26N2O5S/c1-15(24)16-9-7-10-18(12-16)28-14-20(25)22-13-17-8-5-6-11-19(17)29(26,27)23-21(2,3)4/h5-12,23H,13-14H2,1-4H3,(H,22,25). The molecule has 0 aliphatic carbocycles. The summed E-state index contributed by atoms with van der Waals surface area (Å²) < 4.78 is 33.3. The van der Waals surface area contributed by atoms with Gasteiger partial charge in [0.05, 0.1) is 4.90 Å². The largest absolute Gasteiger partial charge is 0.484 e. The van der Waals surface area contributed by atoms with Gasteiger partial charge >= 0.3 is 0 Å². The summed E-state index contributed by atoms with van der Waals surface area (Å²) in [5.74, 6) is -0.0963. The molecule has 0 aliphatic heterocycles. The Morgan fingerprint density at radius 3 is 2.38 bits per heavy atom. The van der Waals surface area contributed by atoms with Crippen molar-refractivity contribution in [2.24, 2.45) is 0 Å². The summed E-state index contributed by atoms with van der Waals surface area (Å²) in [4.78, 5) is 23.7. The van der Waals surface area contributed by atoms with Crippen molar-refractivity contribution >= 4 is 21.7 Å². The van der Waals surface area contributed by atoms with Crippen molar-refractivity contribution in [2.75, 3.05) is 6.61 Å². The monoisotopic (exact) mass is 418 g/mol. The van der Waals surface area contributed by atoms with Crippen LogP contribution in [0, 0.1) is 0 Å². The van der Waals surface area contributed by atoms with Gasteiger partial charge in [-0.15, -0.1) is 0 Å². The first-order chi connectivity index (χ1) is 13.5. The first-order valence-electron chi connectivity index (χ1n) is 9.10. The van der Waals surface area contributed by atoms with Crippen LogP contribution in [0.2, 0.25) is 0 Å². The summed E-state index contributed by atoms with van der Waals surface area (Å²) >= 11 is 0. The molecule has 2 N–H and O–H groups in total. The number of hydrogen-bond acceptors (Lipinski definition) is 5. The van der Waals surface area contributed by atoms with Gasteiger partial charge in [-0.05, 0) is 51.5 Å². The van der Waals surface area contributed by atoms with E-state index in [2.05, 4.69) is 10.0 Å². The number of ketones is 1. The van der Waals surface area contributed by atoms with Gasteiger partial charge in [0.2, 0.25) is 10.0 Å². The molecule has 0 radical (unpaired) electrons. The van der Waals surface area contributed by atoms with Crippen molar-refractivity contribution in [1.82, 2.24) is 10.0 Å². The highest BCUT2D eigenvalue weighted by atomic mass is 32.2. The number of carbonyl (C=O) groups is 2. The quantitative estimate of drug-likeness (QED) is 0.642. The molecular formula is C21H26N2O5S. The van der Waals surface area contributed by atoms with Gasteiger partial charge in [-0.25, -0.2) is 13.1 Å². The zero-order valence-corrected chi connectivity index (χ0v) is 17.8. The molecule has 0 fully saturated rings. The number of benzene rings is 2. The molecule has 0 bridgehead atoms. The summed E-state index contributed by atoms with van der Waals surface area (Å²) in [6, 6.07) is 13.0. The highest BCUT2D eigenvalue weighted by Crippen LogP contribution is 2.18. The SMILES string of the molecule is CC(=O)c1cccc(OCC(=O)NCc2ccccc2S(=O)(=O)NC(C)(C)C)c1. The molecule has 7 nitrogen and oxygen atoms in total. The summed E-state index contributed by atoms with van der Waals surface area (Å²) in [5.41, 5.74) is 0.335. The molecule has 2 aromatic rings. The predicted octanol–water partition coefficient (Wildman–Crippen LogP) is 2.66. The van der Waals surface area contributed by atoms with E-state index in [1.165, 1.54) is 13.0 Å². The molecule has 8 heteroatoms. The number of sulfonamides is 1. The van der Waals surface area contributed by atoms with E-state index in [0.717, 1.165) is 0 Å². The van der Waals surface area contributed by atoms with Crippen LogP contribution >= 0.6 is 0 Å². The Morgan fingerprint density at radius 2 is 1.72 bits per heavy atom. The molecule has 0 aromatic heterocycles. The minimum Gasteiger partial charge on any atom is -0.484 e. The zero-order chi connectivity index (χ0) is 21.7. The van der Waals surface area contributed by atoms with Crippen molar-refractivity contribution in [3.63, 3.8) is 0 Å². The van der Waals surface area contributed by atoms with E-state index < -0.39 is 21.5 Å². The molecule has 2 rings (SSSR count). The molecule has 0 saturated heterocycles. The summed E-state index contributed by atoms with van der Waals surface area (Å²) in [6.45, 7) is 6.51. The molecule has 156 valence electrons. The first-order valence-corrected chi connectivity index (χ1v) is 10.6. The average Bonchev–Trinajstić information content (AvgIpc) is 2.63. The maximum Gasteiger partial charge on any atom is 0.258 e. The fraction of sp³-hybridized carbons (Fsp3) is 0.333. The third-order valence-corrected chi connectivity index (χ3v) is 5.65. The van der Waals surface area contributed by atoms with Crippen LogP contribution in [0.1, 0.15) is 43.6 Å². The van der Waals surface area contributed by atoms with Gasteiger partial charge in [0.15, 0.2) is 12.4 Å². The van der Waals surface area contributed by atoms with E-state index in [1.807, 2.05) is 0 Å². The van der Waals surface area contributed by atoms with Crippen LogP contribution in [0.4, 0.5) is 0 Å². The van der Waals surface area contributed by atoms with Crippen LogP contribution in [-0.2, 0) is 21.4 Å². The molecule has 0 atom stereocenters. The van der Waals surface area contributed by atoms with E-state index in [1.54, 1.807) is 63.2 Å². The van der Waals surface area contributed by atoms with Gasteiger partial charge in [-0.1, -0.05) is 30.3 Å². The highest BCUT2D eigenvalue weighted by Gasteiger charge is 2.24. The topological polar surface area (TPSA) is 102 Å². The van der Waals surface area contributed by atoms with Crippen LogP contribution in [0.3, 0.4) is 0 Å². The molecule has 0 spiro atoms. The maximum absolute atomic E-state index is 12.6. The lowest BCUT2D eigenvalue weighted by Gasteiger charge is -2.21. The predicted molar refractivity (Wildman–Crippen MR) is 110 cm³/mol. The minimum atomic E-state index is -3.73. The lowest BCUT2D eigenvalue weighted by molar-refractivity contribution is -0.123. The number of ether oxygens (including phenoxy) is 1. The Bertz CT molecular complexity index is 994. The van der Waals surface area contributed by atoms with Crippen LogP contribution in [0.25, 0.3) is 0 Å². The van der Waals surface area contributed by atoms with E-state index in [0.29, 0.717) is 16.9 Å². The average molecular weight is 419 g/mol. The molecule has 0 heterocycles. The van der Waals surface area contributed by atoms with Crippen molar-refractivity contribution in [1.29, 1.82) is 0 Å². The second-order valence-electron chi connectivity index (χ2n) is 7.61. The zero-order valence-electron chi connectivity index (χ0n) is 17.0. The number of rotatable bonds is 8. The van der Waals surface area contributed by atoms with Crippen molar-refractivity contribution in [3.05, 3.63) is 59.7 Å². The first kappa shape index (κ1) is 22.6. The molecule has 0 saturated carbocycles. The van der Waals surface area contributed by atoms with E-state index >= 15 is 0 Å². The third-order valence-electron chi connectivity index (χ3n) is 3.79. The Balaban J connectivity index is 2.01. The fourth-order valence-electron chi connectivity index (χ4n) is 2.57. The lowest BCUT2D eigenvalue weighted by atomic mass is 10.1. The fourth-order valence-corrected chi connectivity index (χ4v) is 4.23. The normalized spacial score (nSPS) is 11.7. The molecule has 0 aliphatic rings. The maximum atomic E-state index is 12.6. The smallest absolute Gasteiger partial charge is 0.258 e. The Kier molecular flexibility index (Phi) is 7.16. The Labute approximate surface area is 171 Å². The molecule has 1 amide bonds. The van der Waals surface area contributed by atoms with Crippen molar-refractivity contribution in [3.8, 4) is 5.75 Å². The van der Waals surface area contributed by atoms with Crippen LogP contribution in [0.15, 0.2) is 53.4 Å². The van der Waals surface area contributed by atoms with Gasteiger partial charge in [0, 0.05) is 17.6 Å². The van der Waals surface area contributed by atoms with Gasteiger partial charge in [-0.2, -0.15) is 0 Å². The second kappa shape index (κ2) is 9.19. The summed E-state index contributed by atoms with van der Waals surface area (Å²) in [5, 5.41) is 2.66. The van der Waals surface area contributed by atoms with E-state index in [-0.39, 0.29) is 23.8 Å². The number of hydrogen-bond donors (Lipinski definition) is 2.